The summed E-state index contributed by atoms with van der Waals surface area (Å²) < 4.78 is 37.4. The summed E-state index contributed by atoms with van der Waals surface area (Å²) in [7, 11) is 0. The third-order valence-electron chi connectivity index (χ3n) is 12.6. The molecule has 2 bridgehead atoms. The van der Waals surface area contributed by atoms with Crippen molar-refractivity contribution >= 4 is 52.5 Å². The highest BCUT2D eigenvalue weighted by Crippen LogP contribution is 2.37. The molecule has 18 nitrogen and oxygen atoms in total. The molecule has 3 aromatic heterocycles. The number of urea groups is 1. The summed E-state index contributed by atoms with van der Waals surface area (Å²) in [6, 6.07) is 6.31. The Bertz CT molecular complexity index is 2370. The molecule has 0 spiro atoms. The number of carbonyl (C=O) groups is 5. The van der Waals surface area contributed by atoms with Gasteiger partial charge in [0.25, 0.3) is 24.1 Å². The molecule has 2 atom stereocenters. The second-order valence-corrected chi connectivity index (χ2v) is 16.1. The van der Waals surface area contributed by atoms with Crippen LogP contribution in [-0.4, -0.2) is 134 Å². The van der Waals surface area contributed by atoms with Crippen molar-refractivity contribution in [2.45, 2.75) is 63.1 Å². The van der Waals surface area contributed by atoms with Gasteiger partial charge in [-0.15, -0.1) is 0 Å². The highest BCUT2D eigenvalue weighted by Gasteiger charge is 2.45. The summed E-state index contributed by atoms with van der Waals surface area (Å²) in [4.78, 5) is 76.0. The fraction of sp³-hybridized carbons (Fsp3) is 0.487. The van der Waals surface area contributed by atoms with Crippen LogP contribution in [0.3, 0.4) is 0 Å². The lowest BCUT2D eigenvalue weighted by atomic mass is 9.93. The summed E-state index contributed by atoms with van der Waals surface area (Å²) in [5, 5.41) is 15.2. The third kappa shape index (κ3) is 6.63. The number of benzene rings is 1. The molecule has 308 valence electrons. The summed E-state index contributed by atoms with van der Waals surface area (Å²) in [6.45, 7) is 5.03. The van der Waals surface area contributed by atoms with Crippen molar-refractivity contribution in [2.24, 2.45) is 5.92 Å². The first-order valence-corrected chi connectivity index (χ1v) is 20.1. The van der Waals surface area contributed by atoms with Crippen molar-refractivity contribution in [1.29, 1.82) is 0 Å². The van der Waals surface area contributed by atoms with E-state index in [9.17, 15) is 32.8 Å². The Morgan fingerprint density at radius 3 is 2.53 bits per heavy atom. The van der Waals surface area contributed by atoms with Gasteiger partial charge in [0, 0.05) is 58.1 Å². The predicted molar refractivity (Wildman–Crippen MR) is 205 cm³/mol. The zero-order valence-electron chi connectivity index (χ0n) is 32.0. The second-order valence-electron chi connectivity index (χ2n) is 16.1. The second kappa shape index (κ2) is 14.7. The van der Waals surface area contributed by atoms with E-state index in [1.54, 1.807) is 23.0 Å². The van der Waals surface area contributed by atoms with Crippen LogP contribution in [0.25, 0.3) is 5.65 Å². The van der Waals surface area contributed by atoms with Crippen molar-refractivity contribution in [1.82, 2.24) is 44.6 Å². The van der Waals surface area contributed by atoms with E-state index >= 15 is 0 Å². The fourth-order valence-corrected chi connectivity index (χ4v) is 9.47. The number of ether oxygens (including phenoxy) is 1. The van der Waals surface area contributed by atoms with Gasteiger partial charge in [0.05, 0.1) is 60.0 Å². The number of amides is 6. The highest BCUT2D eigenvalue weighted by atomic mass is 19.3. The smallest absolute Gasteiger partial charge is 0.343 e. The molecule has 4 aromatic rings. The summed E-state index contributed by atoms with van der Waals surface area (Å²) in [5.41, 5.74) is 1.12. The van der Waals surface area contributed by atoms with E-state index in [2.05, 4.69) is 35.5 Å². The molecule has 6 aliphatic heterocycles. The molecule has 6 aliphatic rings. The standard InChI is InChI=1S/C39H42F2N12O6/c40-34(41)33-28(43-36(55)27-17-42-50-14-8-30(44-35(27)50)49-19-25-16-24(49)21-59-25)20-51(46-33)23-6-10-47(11-7-23)18-22-4-12-48(13-5-22)29-3-1-2-26-32(29)38(57)53(37(26)56)52-15-9-31(54)45-39(52)58/h1-3,8,14,17,20,22-25,34H,4-7,9-13,15-16,18-19,21H2,(H,43,55)(H,45,54,58)/t24-,25-/m1/s1. The van der Waals surface area contributed by atoms with Crippen LogP contribution in [-0.2, 0) is 9.53 Å². The largest absolute Gasteiger partial charge is 0.374 e. The highest BCUT2D eigenvalue weighted by molar-refractivity contribution is 6.24. The molecule has 1 aromatic carbocycles. The van der Waals surface area contributed by atoms with Gasteiger partial charge >= 0.3 is 6.03 Å². The number of carbonyl (C=O) groups excluding carboxylic acids is 5. The lowest BCUT2D eigenvalue weighted by Crippen LogP contribution is -2.58. The summed E-state index contributed by atoms with van der Waals surface area (Å²) >= 11 is 0. The number of aromatic nitrogens is 5. The first-order chi connectivity index (χ1) is 28.6. The lowest BCUT2D eigenvalue weighted by molar-refractivity contribution is -0.122. The fourth-order valence-electron chi connectivity index (χ4n) is 9.47. The molecule has 0 unspecified atom stereocenters. The van der Waals surface area contributed by atoms with Gasteiger partial charge < -0.3 is 24.8 Å². The minimum absolute atomic E-state index is 0.0115. The Hall–Kier alpha value is -6.02. The number of morpholine rings is 1. The number of likely N-dealkylation sites (tertiary alicyclic amines) is 1. The van der Waals surface area contributed by atoms with Crippen LogP contribution in [0.15, 0.2) is 42.9 Å². The molecule has 59 heavy (non-hydrogen) atoms. The molecule has 10 rings (SSSR count). The Kier molecular flexibility index (Phi) is 9.26. The van der Waals surface area contributed by atoms with Crippen LogP contribution < -0.4 is 20.4 Å². The average Bonchev–Trinajstić information content (AvgIpc) is 4.08. The SMILES string of the molecule is O=C1CCN(N2C(=O)c3cccc(N4CCC(CN5CCC(n6cc(NC(=O)c7cnn8ccc(N9C[C@H]%10C[C@@H]9CO%10)nc78)c(C(F)F)n6)CC5)CC4)c3C2=O)C(=O)N1. The molecule has 0 aliphatic carbocycles. The van der Waals surface area contributed by atoms with E-state index in [1.807, 2.05) is 12.1 Å². The molecule has 20 heteroatoms. The average molecular weight is 813 g/mol. The Balaban J connectivity index is 0.746. The van der Waals surface area contributed by atoms with Gasteiger partial charge in [-0.25, -0.2) is 28.1 Å². The van der Waals surface area contributed by atoms with Gasteiger partial charge in [0.15, 0.2) is 11.3 Å². The molecule has 0 radical (unpaired) electrons. The van der Waals surface area contributed by atoms with Crippen LogP contribution in [0, 0.1) is 5.92 Å². The zero-order valence-corrected chi connectivity index (χ0v) is 32.0. The number of fused-ring (bicyclic) bond motifs is 4. The van der Waals surface area contributed by atoms with Gasteiger partial charge in [0.2, 0.25) is 5.91 Å². The maximum atomic E-state index is 14.3. The normalized spacial score (nSPS) is 23.0. The van der Waals surface area contributed by atoms with Crippen molar-refractivity contribution in [3.8, 4) is 0 Å². The number of hydrazine groups is 1. The number of alkyl halides is 2. The van der Waals surface area contributed by atoms with Gasteiger partial charge in [0.1, 0.15) is 11.4 Å². The number of imide groups is 2. The zero-order chi connectivity index (χ0) is 40.5. The molecule has 6 amide bonds. The molecule has 9 heterocycles. The van der Waals surface area contributed by atoms with E-state index in [0.717, 1.165) is 55.5 Å². The van der Waals surface area contributed by atoms with Crippen molar-refractivity contribution in [3.05, 3.63) is 65.2 Å². The van der Waals surface area contributed by atoms with Crippen LogP contribution in [0.4, 0.5) is 30.8 Å². The monoisotopic (exact) mass is 812 g/mol. The maximum Gasteiger partial charge on any atom is 0.343 e. The summed E-state index contributed by atoms with van der Waals surface area (Å²) in [5.74, 6) is -1.12. The number of anilines is 3. The van der Waals surface area contributed by atoms with Crippen LogP contribution in [0.5, 0.6) is 0 Å². The van der Waals surface area contributed by atoms with Gasteiger partial charge in [-0.1, -0.05) is 6.07 Å². The first-order valence-electron chi connectivity index (χ1n) is 20.1. The predicted octanol–water partition coefficient (Wildman–Crippen LogP) is 3.10. The number of hydrogen-bond donors (Lipinski definition) is 2. The number of hydrogen-bond acceptors (Lipinski definition) is 12. The van der Waals surface area contributed by atoms with Crippen molar-refractivity contribution < 1.29 is 37.5 Å². The number of rotatable bonds is 9. The molecule has 0 saturated carbocycles. The van der Waals surface area contributed by atoms with Gasteiger partial charge in [-0.3, -0.25) is 29.2 Å². The molecular weight excluding hydrogens is 771 g/mol. The number of piperidine rings is 2. The molecule has 5 saturated heterocycles. The van der Waals surface area contributed by atoms with E-state index in [1.165, 1.54) is 16.9 Å². The molecule has 5 fully saturated rings. The van der Waals surface area contributed by atoms with Crippen molar-refractivity contribution in [2.75, 3.05) is 67.5 Å². The Morgan fingerprint density at radius 2 is 1.80 bits per heavy atom. The number of halogens is 2. The first kappa shape index (κ1) is 37.3. The van der Waals surface area contributed by atoms with E-state index in [-0.39, 0.29) is 53.5 Å². The quantitative estimate of drug-likeness (QED) is 0.236. The van der Waals surface area contributed by atoms with E-state index in [0.29, 0.717) is 55.6 Å². The Labute approximate surface area is 336 Å². The lowest BCUT2D eigenvalue weighted by Gasteiger charge is -2.38. The topological polar surface area (TPSA) is 183 Å². The van der Waals surface area contributed by atoms with Crippen molar-refractivity contribution in [3.63, 3.8) is 0 Å². The third-order valence-corrected chi connectivity index (χ3v) is 12.6. The van der Waals surface area contributed by atoms with Crippen LogP contribution in [0.2, 0.25) is 0 Å². The maximum absolute atomic E-state index is 14.3. The van der Waals surface area contributed by atoms with Gasteiger partial charge in [-0.05, 0) is 56.2 Å². The van der Waals surface area contributed by atoms with Gasteiger partial charge in [-0.2, -0.15) is 15.2 Å². The Morgan fingerprint density at radius 1 is 0.983 bits per heavy atom. The van der Waals surface area contributed by atoms with Crippen LogP contribution >= 0.6 is 0 Å². The van der Waals surface area contributed by atoms with Crippen LogP contribution in [0.1, 0.15) is 87.8 Å². The van der Waals surface area contributed by atoms with E-state index in [4.69, 9.17) is 9.72 Å². The number of nitrogens with zero attached hydrogens (tertiary/aromatic N) is 10. The molecule has 2 N–H and O–H groups in total. The minimum Gasteiger partial charge on any atom is -0.374 e. The molecular formula is C39H42F2N12O6. The number of nitrogens with one attached hydrogen (secondary N) is 2. The minimum atomic E-state index is -2.89. The van der Waals surface area contributed by atoms with E-state index < -0.39 is 41.8 Å². The summed E-state index contributed by atoms with van der Waals surface area (Å²) in [6.07, 6.45) is 5.96.